The quantitative estimate of drug-likeness (QED) is 0.441. The number of hydrogen-bond donors (Lipinski definition) is 2. The topological polar surface area (TPSA) is 80.0 Å². The van der Waals surface area contributed by atoms with Crippen LogP contribution in [0.25, 0.3) is 11.5 Å². The van der Waals surface area contributed by atoms with E-state index in [2.05, 4.69) is 20.8 Å². The summed E-state index contributed by atoms with van der Waals surface area (Å²) >= 11 is 5.95. The molecule has 4 aromatic rings. The summed E-state index contributed by atoms with van der Waals surface area (Å²) < 4.78 is 5.89. The second-order valence-electron chi connectivity index (χ2n) is 6.76. The number of nitrogens with zero attached hydrogens (tertiary/aromatic N) is 2. The minimum atomic E-state index is -0.607. The average Bonchev–Trinajstić information content (AvgIpc) is 3.23. The Morgan fingerprint density at radius 2 is 1.73 bits per heavy atom. The third-order valence-electron chi connectivity index (χ3n) is 4.46. The Kier molecular flexibility index (Phi) is 5.77. The first-order valence-electron chi connectivity index (χ1n) is 9.37. The number of anilines is 1. The summed E-state index contributed by atoms with van der Waals surface area (Å²) in [4.78, 5) is 12.7. The van der Waals surface area contributed by atoms with Crippen LogP contribution in [-0.2, 0) is 0 Å². The van der Waals surface area contributed by atoms with Crippen LogP contribution in [-0.4, -0.2) is 16.2 Å². The Bertz CT molecular complexity index is 1140. The van der Waals surface area contributed by atoms with Crippen LogP contribution in [0.4, 0.5) is 10.5 Å². The molecule has 30 heavy (non-hydrogen) atoms. The SMILES string of the molecule is Cc1cccc(NC(=O)NC(c2ccccc2)c2nnc(-c3ccc(Cl)cc3)o2)c1. The fourth-order valence-corrected chi connectivity index (χ4v) is 3.14. The maximum Gasteiger partial charge on any atom is 0.320 e. The van der Waals surface area contributed by atoms with Crippen LogP contribution in [0.15, 0.2) is 83.3 Å². The Hall–Kier alpha value is -3.64. The fraction of sp³-hybridized carbons (Fsp3) is 0.0870. The van der Waals surface area contributed by atoms with Gasteiger partial charge in [0.1, 0.15) is 6.04 Å². The highest BCUT2D eigenvalue weighted by atomic mass is 35.5. The molecule has 0 aliphatic carbocycles. The van der Waals surface area contributed by atoms with Gasteiger partial charge in [-0.2, -0.15) is 0 Å². The summed E-state index contributed by atoms with van der Waals surface area (Å²) in [5.41, 5.74) is 3.32. The predicted octanol–water partition coefficient (Wildman–Crippen LogP) is 5.61. The highest BCUT2D eigenvalue weighted by Crippen LogP contribution is 2.26. The van der Waals surface area contributed by atoms with E-state index in [9.17, 15) is 4.79 Å². The number of aromatic nitrogens is 2. The molecule has 6 nitrogen and oxygen atoms in total. The Labute approximate surface area is 178 Å². The molecule has 7 heteroatoms. The van der Waals surface area contributed by atoms with Crippen molar-refractivity contribution in [3.8, 4) is 11.5 Å². The zero-order chi connectivity index (χ0) is 20.9. The number of hydrogen-bond acceptors (Lipinski definition) is 4. The van der Waals surface area contributed by atoms with Crippen molar-refractivity contribution in [2.24, 2.45) is 0 Å². The first kappa shape index (κ1) is 19.7. The van der Waals surface area contributed by atoms with E-state index < -0.39 is 6.04 Å². The van der Waals surface area contributed by atoms with E-state index in [1.165, 1.54) is 0 Å². The van der Waals surface area contributed by atoms with Crippen molar-refractivity contribution < 1.29 is 9.21 Å². The van der Waals surface area contributed by atoms with Gasteiger partial charge in [-0.05, 0) is 54.4 Å². The Morgan fingerprint density at radius 1 is 0.967 bits per heavy atom. The third kappa shape index (κ3) is 4.67. The van der Waals surface area contributed by atoms with Gasteiger partial charge in [-0.3, -0.25) is 0 Å². The lowest BCUT2D eigenvalue weighted by atomic mass is 10.1. The molecule has 1 aromatic heterocycles. The maximum absolute atomic E-state index is 12.7. The van der Waals surface area contributed by atoms with E-state index in [-0.39, 0.29) is 11.9 Å². The van der Waals surface area contributed by atoms with Crippen molar-refractivity contribution in [1.29, 1.82) is 0 Å². The van der Waals surface area contributed by atoms with Gasteiger partial charge >= 0.3 is 6.03 Å². The van der Waals surface area contributed by atoms with E-state index in [0.717, 1.165) is 16.7 Å². The number of halogens is 1. The molecular weight excluding hydrogens is 400 g/mol. The van der Waals surface area contributed by atoms with E-state index in [1.807, 2.05) is 61.5 Å². The Morgan fingerprint density at radius 3 is 2.47 bits per heavy atom. The molecule has 0 saturated heterocycles. The molecule has 2 amide bonds. The van der Waals surface area contributed by atoms with Crippen molar-refractivity contribution in [2.45, 2.75) is 13.0 Å². The predicted molar refractivity (Wildman–Crippen MR) is 116 cm³/mol. The molecule has 0 bridgehead atoms. The molecule has 0 aliphatic heterocycles. The summed E-state index contributed by atoms with van der Waals surface area (Å²) in [5, 5.41) is 14.7. The molecule has 2 N–H and O–H groups in total. The number of amides is 2. The van der Waals surface area contributed by atoms with Crippen molar-refractivity contribution in [1.82, 2.24) is 15.5 Å². The monoisotopic (exact) mass is 418 g/mol. The van der Waals surface area contributed by atoms with Crippen LogP contribution in [0.3, 0.4) is 0 Å². The molecule has 0 spiro atoms. The summed E-state index contributed by atoms with van der Waals surface area (Å²) in [6.45, 7) is 1.96. The number of carbonyl (C=O) groups is 1. The van der Waals surface area contributed by atoms with Gasteiger partial charge in [0.15, 0.2) is 0 Å². The van der Waals surface area contributed by atoms with E-state index >= 15 is 0 Å². The zero-order valence-electron chi connectivity index (χ0n) is 16.2. The molecule has 1 unspecified atom stereocenters. The minimum Gasteiger partial charge on any atom is -0.418 e. The van der Waals surface area contributed by atoms with Crippen LogP contribution >= 0.6 is 11.6 Å². The summed E-state index contributed by atoms with van der Waals surface area (Å²) in [5.74, 6) is 0.633. The van der Waals surface area contributed by atoms with Crippen molar-refractivity contribution in [2.75, 3.05) is 5.32 Å². The number of carbonyl (C=O) groups excluding carboxylic acids is 1. The van der Waals surface area contributed by atoms with Gasteiger partial charge in [0.2, 0.25) is 11.8 Å². The van der Waals surface area contributed by atoms with Gasteiger partial charge in [0, 0.05) is 16.3 Å². The second kappa shape index (κ2) is 8.80. The standard InChI is InChI=1S/C23H19ClN4O2/c1-15-6-5-9-19(14-15)25-23(29)26-20(16-7-3-2-4-8-16)22-28-27-21(30-22)17-10-12-18(24)13-11-17/h2-14,20H,1H3,(H2,25,26,29). The fourth-order valence-electron chi connectivity index (χ4n) is 3.01. The molecule has 1 atom stereocenters. The molecule has 3 aromatic carbocycles. The van der Waals surface area contributed by atoms with Crippen LogP contribution in [0.2, 0.25) is 5.02 Å². The maximum atomic E-state index is 12.7. The van der Waals surface area contributed by atoms with Crippen molar-refractivity contribution in [3.05, 3.63) is 101 Å². The molecule has 4 rings (SSSR count). The van der Waals surface area contributed by atoms with Gasteiger partial charge in [0.25, 0.3) is 0 Å². The van der Waals surface area contributed by atoms with Gasteiger partial charge in [-0.1, -0.05) is 54.1 Å². The zero-order valence-corrected chi connectivity index (χ0v) is 16.9. The molecule has 0 fully saturated rings. The van der Waals surface area contributed by atoms with Crippen molar-refractivity contribution >= 4 is 23.3 Å². The molecule has 0 aliphatic rings. The first-order valence-corrected chi connectivity index (χ1v) is 9.75. The van der Waals surface area contributed by atoms with Gasteiger partial charge in [-0.15, -0.1) is 10.2 Å². The smallest absolute Gasteiger partial charge is 0.320 e. The molecule has 0 saturated carbocycles. The minimum absolute atomic E-state index is 0.283. The molecule has 0 radical (unpaired) electrons. The van der Waals surface area contributed by atoms with E-state index in [0.29, 0.717) is 16.6 Å². The van der Waals surface area contributed by atoms with Crippen LogP contribution in [0, 0.1) is 6.92 Å². The number of rotatable bonds is 5. The van der Waals surface area contributed by atoms with Crippen LogP contribution in [0.1, 0.15) is 23.1 Å². The Balaban J connectivity index is 1.59. The second-order valence-corrected chi connectivity index (χ2v) is 7.20. The van der Waals surface area contributed by atoms with Gasteiger partial charge < -0.3 is 15.1 Å². The summed E-state index contributed by atoms with van der Waals surface area (Å²) in [6.07, 6.45) is 0. The van der Waals surface area contributed by atoms with E-state index in [4.69, 9.17) is 16.0 Å². The first-order chi connectivity index (χ1) is 14.6. The lowest BCUT2D eigenvalue weighted by Crippen LogP contribution is -2.33. The molecular formula is C23H19ClN4O2. The summed E-state index contributed by atoms with van der Waals surface area (Å²) in [6, 6.07) is 23.2. The average molecular weight is 419 g/mol. The van der Waals surface area contributed by atoms with Gasteiger partial charge in [-0.25, -0.2) is 4.79 Å². The largest absolute Gasteiger partial charge is 0.418 e. The number of aryl methyl sites for hydroxylation is 1. The van der Waals surface area contributed by atoms with Crippen molar-refractivity contribution in [3.63, 3.8) is 0 Å². The van der Waals surface area contributed by atoms with E-state index in [1.54, 1.807) is 24.3 Å². The lowest BCUT2D eigenvalue weighted by Gasteiger charge is -2.16. The van der Waals surface area contributed by atoms with Crippen LogP contribution in [0.5, 0.6) is 0 Å². The normalized spacial score (nSPS) is 11.7. The summed E-state index contributed by atoms with van der Waals surface area (Å²) in [7, 11) is 0. The lowest BCUT2D eigenvalue weighted by molar-refractivity contribution is 0.248. The number of urea groups is 1. The third-order valence-corrected chi connectivity index (χ3v) is 4.72. The van der Waals surface area contributed by atoms with Crippen LogP contribution < -0.4 is 10.6 Å². The highest BCUT2D eigenvalue weighted by Gasteiger charge is 2.23. The number of benzene rings is 3. The van der Waals surface area contributed by atoms with Gasteiger partial charge in [0.05, 0.1) is 0 Å². The number of nitrogens with one attached hydrogen (secondary N) is 2. The molecule has 150 valence electrons. The highest BCUT2D eigenvalue weighted by molar-refractivity contribution is 6.30. The molecule has 1 heterocycles.